The second-order valence-electron chi connectivity index (χ2n) is 6.34. The summed E-state index contributed by atoms with van der Waals surface area (Å²) in [5.41, 5.74) is 0.653. The van der Waals surface area contributed by atoms with Gasteiger partial charge in [0.2, 0.25) is 0 Å². The monoisotopic (exact) mass is 393 g/mol. The number of esters is 1. The van der Waals surface area contributed by atoms with Crippen molar-refractivity contribution in [3.63, 3.8) is 0 Å². The van der Waals surface area contributed by atoms with Crippen LogP contribution in [0.1, 0.15) is 42.6 Å². The van der Waals surface area contributed by atoms with E-state index < -0.39 is 11.7 Å². The zero-order valence-electron chi connectivity index (χ0n) is 15.7. The van der Waals surface area contributed by atoms with Crippen molar-refractivity contribution in [2.45, 2.75) is 38.9 Å². The maximum Gasteiger partial charge on any atom is 0.416 e. The Labute approximate surface area is 161 Å². The van der Waals surface area contributed by atoms with Crippen molar-refractivity contribution in [2.75, 3.05) is 6.61 Å². The molecular weight excluding hydrogens is 371 g/mol. The number of alkyl halides is 3. The average Bonchev–Trinajstić information content (AvgIpc) is 2.66. The van der Waals surface area contributed by atoms with Crippen LogP contribution in [-0.4, -0.2) is 24.5 Å². The van der Waals surface area contributed by atoms with E-state index in [-0.39, 0.29) is 24.3 Å². The summed E-state index contributed by atoms with van der Waals surface area (Å²) in [6, 6.07) is 11.1. The fourth-order valence-corrected chi connectivity index (χ4v) is 2.71. The second-order valence-corrected chi connectivity index (χ2v) is 6.34. The van der Waals surface area contributed by atoms with E-state index in [0.717, 1.165) is 12.1 Å². The van der Waals surface area contributed by atoms with Gasteiger partial charge in [0.1, 0.15) is 0 Å². The molecule has 7 heteroatoms. The lowest BCUT2D eigenvalue weighted by Crippen LogP contribution is -2.33. The van der Waals surface area contributed by atoms with Crippen LogP contribution in [0, 0.1) is 0 Å². The minimum atomic E-state index is -4.41. The lowest BCUT2D eigenvalue weighted by Gasteiger charge is -2.16. The Bertz CT molecular complexity index is 816. The highest BCUT2D eigenvalue weighted by Crippen LogP contribution is 2.31. The Hall–Kier alpha value is -2.83. The van der Waals surface area contributed by atoms with E-state index in [4.69, 9.17) is 4.74 Å². The number of rotatable bonds is 7. The number of carbonyl (C=O) groups excluding carboxylic acids is 2. The van der Waals surface area contributed by atoms with Crippen molar-refractivity contribution in [1.82, 2.24) is 5.32 Å². The van der Waals surface area contributed by atoms with Gasteiger partial charge in [-0.3, -0.25) is 9.59 Å². The molecule has 1 unspecified atom stereocenters. The quantitative estimate of drug-likeness (QED) is 0.686. The summed E-state index contributed by atoms with van der Waals surface area (Å²) in [6.45, 7) is 3.80. The highest BCUT2D eigenvalue weighted by Gasteiger charge is 2.30. The molecule has 2 aromatic carbocycles. The zero-order chi connectivity index (χ0) is 20.7. The van der Waals surface area contributed by atoms with Crippen molar-refractivity contribution in [3.8, 4) is 11.1 Å². The summed E-state index contributed by atoms with van der Waals surface area (Å²) in [7, 11) is 0. The van der Waals surface area contributed by atoms with Gasteiger partial charge in [-0.15, -0.1) is 0 Å². The Balaban J connectivity index is 2.12. The van der Waals surface area contributed by atoms with E-state index in [9.17, 15) is 22.8 Å². The molecule has 0 saturated heterocycles. The molecule has 1 N–H and O–H groups in total. The van der Waals surface area contributed by atoms with Crippen LogP contribution < -0.4 is 5.32 Å². The molecular formula is C21H22F3NO3. The zero-order valence-corrected chi connectivity index (χ0v) is 15.7. The molecule has 0 aliphatic rings. The molecule has 0 bridgehead atoms. The van der Waals surface area contributed by atoms with Gasteiger partial charge in [-0.2, -0.15) is 13.2 Å². The summed E-state index contributed by atoms with van der Waals surface area (Å²) in [4.78, 5) is 24.1. The van der Waals surface area contributed by atoms with Gasteiger partial charge >= 0.3 is 12.1 Å². The Kier molecular flexibility index (Phi) is 7.20. The van der Waals surface area contributed by atoms with Gasteiger partial charge in [-0.1, -0.05) is 30.3 Å². The number of carbonyl (C=O) groups is 2. The van der Waals surface area contributed by atoms with Crippen LogP contribution >= 0.6 is 0 Å². The van der Waals surface area contributed by atoms with Crippen molar-refractivity contribution in [1.29, 1.82) is 0 Å². The first-order chi connectivity index (χ1) is 13.2. The molecule has 2 aromatic rings. The highest BCUT2D eigenvalue weighted by molar-refractivity contribution is 6.01. The third-order valence-electron chi connectivity index (χ3n) is 4.16. The molecule has 150 valence electrons. The van der Waals surface area contributed by atoms with Crippen LogP contribution in [0.5, 0.6) is 0 Å². The molecule has 0 aliphatic carbocycles. The minimum Gasteiger partial charge on any atom is -0.466 e. The third kappa shape index (κ3) is 5.84. The highest BCUT2D eigenvalue weighted by atomic mass is 19.4. The van der Waals surface area contributed by atoms with Crippen LogP contribution in [0.25, 0.3) is 11.1 Å². The van der Waals surface area contributed by atoms with E-state index in [1.54, 1.807) is 38.1 Å². The largest absolute Gasteiger partial charge is 0.466 e. The van der Waals surface area contributed by atoms with Gasteiger partial charge in [-0.25, -0.2) is 0 Å². The van der Waals surface area contributed by atoms with E-state index in [1.807, 2.05) is 0 Å². The minimum absolute atomic E-state index is 0.190. The molecule has 2 rings (SSSR count). The number of nitrogens with one attached hydrogen (secondary N) is 1. The van der Waals surface area contributed by atoms with Crippen molar-refractivity contribution >= 4 is 11.9 Å². The summed E-state index contributed by atoms with van der Waals surface area (Å²) < 4.78 is 43.1. The number of benzene rings is 2. The first-order valence-electron chi connectivity index (χ1n) is 8.95. The molecule has 0 heterocycles. The number of amides is 1. The predicted molar refractivity (Wildman–Crippen MR) is 99.7 cm³/mol. The topological polar surface area (TPSA) is 55.4 Å². The summed E-state index contributed by atoms with van der Waals surface area (Å²) in [5.74, 6) is -0.680. The number of ether oxygens (including phenoxy) is 1. The third-order valence-corrected chi connectivity index (χ3v) is 4.16. The second kappa shape index (κ2) is 9.39. The Morgan fingerprint density at radius 1 is 1.07 bits per heavy atom. The fraction of sp³-hybridized carbons (Fsp3) is 0.333. The molecule has 0 radical (unpaired) electrons. The van der Waals surface area contributed by atoms with Crippen LogP contribution in [0.2, 0.25) is 0 Å². The Morgan fingerprint density at radius 3 is 2.32 bits per heavy atom. The molecule has 0 fully saturated rings. The molecule has 0 spiro atoms. The lowest BCUT2D eigenvalue weighted by atomic mass is 9.98. The van der Waals surface area contributed by atoms with Gasteiger partial charge in [0.15, 0.2) is 0 Å². The van der Waals surface area contributed by atoms with Crippen molar-refractivity contribution in [3.05, 3.63) is 59.7 Å². The van der Waals surface area contributed by atoms with E-state index in [2.05, 4.69) is 5.32 Å². The maximum atomic E-state index is 12.8. The van der Waals surface area contributed by atoms with E-state index >= 15 is 0 Å². The normalized spacial score (nSPS) is 12.3. The first kappa shape index (κ1) is 21.5. The molecule has 4 nitrogen and oxygen atoms in total. The van der Waals surface area contributed by atoms with Crippen LogP contribution in [0.4, 0.5) is 13.2 Å². The number of hydrogen-bond donors (Lipinski definition) is 1. The number of halogens is 3. The lowest BCUT2D eigenvalue weighted by molar-refractivity contribution is -0.143. The number of hydrogen-bond acceptors (Lipinski definition) is 3. The maximum absolute atomic E-state index is 12.8. The molecule has 0 aliphatic heterocycles. The first-order valence-corrected chi connectivity index (χ1v) is 8.95. The van der Waals surface area contributed by atoms with Crippen molar-refractivity contribution in [2.24, 2.45) is 0 Å². The van der Waals surface area contributed by atoms with E-state index in [0.29, 0.717) is 29.7 Å². The van der Waals surface area contributed by atoms with Crippen LogP contribution in [0.3, 0.4) is 0 Å². The van der Waals surface area contributed by atoms with Gasteiger partial charge in [0.25, 0.3) is 5.91 Å². The molecule has 0 aromatic heterocycles. The van der Waals surface area contributed by atoms with E-state index in [1.165, 1.54) is 12.1 Å². The molecule has 0 saturated carbocycles. The average molecular weight is 393 g/mol. The summed E-state index contributed by atoms with van der Waals surface area (Å²) >= 11 is 0. The van der Waals surface area contributed by atoms with Crippen molar-refractivity contribution < 1.29 is 27.5 Å². The van der Waals surface area contributed by atoms with Gasteiger partial charge in [-0.05, 0) is 49.6 Å². The molecule has 1 amide bonds. The molecule has 28 heavy (non-hydrogen) atoms. The van der Waals surface area contributed by atoms with Gasteiger partial charge in [0.05, 0.1) is 12.2 Å². The smallest absolute Gasteiger partial charge is 0.416 e. The SMILES string of the molecule is CCOC(=O)CCC(C)NC(=O)c1ccccc1-c1ccc(C(F)(F)F)cc1. The molecule has 1 atom stereocenters. The van der Waals surface area contributed by atoms with Gasteiger partial charge in [0, 0.05) is 18.0 Å². The fourth-order valence-electron chi connectivity index (χ4n) is 2.71. The Morgan fingerprint density at radius 2 is 1.71 bits per heavy atom. The predicted octanol–water partition coefficient (Wildman–Crippen LogP) is 4.83. The summed E-state index contributed by atoms with van der Waals surface area (Å²) in [5, 5.41) is 2.81. The summed E-state index contributed by atoms with van der Waals surface area (Å²) in [6.07, 6.45) is -3.80. The van der Waals surface area contributed by atoms with Crippen LogP contribution in [-0.2, 0) is 15.7 Å². The standard InChI is InChI=1S/C21H22F3NO3/c1-3-28-19(26)13-8-14(2)25-20(27)18-7-5-4-6-17(18)15-9-11-16(12-10-15)21(22,23)24/h4-7,9-12,14H,3,8,13H2,1-2H3,(H,25,27). The van der Waals surface area contributed by atoms with Gasteiger partial charge < -0.3 is 10.1 Å². The van der Waals surface area contributed by atoms with Crippen LogP contribution in [0.15, 0.2) is 48.5 Å².